The molecule has 9 nitrogen and oxygen atoms in total. The molecule has 12 heteroatoms. The van der Waals surface area contributed by atoms with Crippen molar-refractivity contribution in [3.8, 4) is 22.5 Å². The summed E-state index contributed by atoms with van der Waals surface area (Å²) in [5, 5.41) is 17.1. The Balaban J connectivity index is 0.00000481. The van der Waals surface area contributed by atoms with E-state index in [1.807, 2.05) is 6.07 Å². The van der Waals surface area contributed by atoms with Crippen molar-refractivity contribution in [1.82, 2.24) is 30.1 Å². The number of fused-ring (bicyclic) bond motifs is 1. The number of benzene rings is 3. The summed E-state index contributed by atoms with van der Waals surface area (Å²) in [7, 11) is 0. The van der Waals surface area contributed by atoms with Crippen LogP contribution in [0.25, 0.3) is 33.5 Å². The van der Waals surface area contributed by atoms with E-state index in [1.54, 1.807) is 6.92 Å². The Kier molecular flexibility index (Phi) is 11.9. The van der Waals surface area contributed by atoms with Crippen LogP contribution in [0, 0.1) is 24.5 Å². The standard InChI is InChI=1S/C41H47F2N7O2.ClH/c1-26-33(21-31(42)22-36(26)48-40(51)32-9-8-30(20-35(32)43)41(2,3)52)38-34-23-37(47-39(34)46-25-45-38)29-6-4-28(5-7-29)24-50-18-16-49(17-19-50)15-12-27-10-13-44-14-11-27;/h4-9,20-23,25,27,44,52H,10-19,24H2,1-3H3,(H,48,51)(H,45,46,47);1H. The number of hydrogen-bond acceptors (Lipinski definition) is 7. The molecule has 0 atom stereocenters. The molecule has 53 heavy (non-hydrogen) atoms. The molecule has 0 saturated carbocycles. The zero-order valence-electron chi connectivity index (χ0n) is 30.5. The van der Waals surface area contributed by atoms with Gasteiger partial charge in [-0.2, -0.15) is 0 Å². The summed E-state index contributed by atoms with van der Waals surface area (Å²) in [5.74, 6) is -1.22. The second-order valence-corrected chi connectivity index (χ2v) is 14.8. The highest BCUT2D eigenvalue weighted by Crippen LogP contribution is 2.35. The molecule has 3 aromatic carbocycles. The fourth-order valence-electron chi connectivity index (χ4n) is 7.39. The number of nitrogens with one attached hydrogen (secondary N) is 3. The molecule has 2 saturated heterocycles. The lowest BCUT2D eigenvalue weighted by atomic mass is 9.94. The number of carbonyl (C=O) groups is 1. The number of piperazine rings is 1. The Bertz CT molecular complexity index is 2050. The summed E-state index contributed by atoms with van der Waals surface area (Å²) in [4.78, 5) is 30.6. The Morgan fingerprint density at radius 2 is 1.68 bits per heavy atom. The van der Waals surface area contributed by atoms with Crippen molar-refractivity contribution in [2.45, 2.75) is 52.2 Å². The van der Waals surface area contributed by atoms with Crippen LogP contribution in [-0.4, -0.2) is 81.6 Å². The van der Waals surface area contributed by atoms with E-state index in [2.05, 4.69) is 59.7 Å². The minimum Gasteiger partial charge on any atom is -0.386 e. The molecule has 2 aromatic heterocycles. The van der Waals surface area contributed by atoms with Crippen molar-refractivity contribution in [2.75, 3.05) is 51.1 Å². The maximum Gasteiger partial charge on any atom is 0.258 e. The molecule has 280 valence electrons. The monoisotopic (exact) mass is 743 g/mol. The normalized spacial score (nSPS) is 16.1. The number of amides is 1. The Morgan fingerprint density at radius 1 is 0.962 bits per heavy atom. The van der Waals surface area contributed by atoms with Gasteiger partial charge in [0.2, 0.25) is 0 Å². The van der Waals surface area contributed by atoms with E-state index >= 15 is 4.39 Å². The number of halogens is 3. The van der Waals surface area contributed by atoms with Crippen LogP contribution in [-0.2, 0) is 12.1 Å². The van der Waals surface area contributed by atoms with E-state index in [-0.39, 0.29) is 23.7 Å². The number of nitrogens with zero attached hydrogens (tertiary/aromatic N) is 4. The second-order valence-electron chi connectivity index (χ2n) is 14.8. The predicted molar refractivity (Wildman–Crippen MR) is 208 cm³/mol. The van der Waals surface area contributed by atoms with Gasteiger partial charge in [-0.1, -0.05) is 30.3 Å². The third kappa shape index (κ3) is 8.93. The minimum absolute atomic E-state index is 0. The van der Waals surface area contributed by atoms with Gasteiger partial charge in [0.05, 0.1) is 16.9 Å². The summed E-state index contributed by atoms with van der Waals surface area (Å²) in [6.07, 6.45) is 5.36. The summed E-state index contributed by atoms with van der Waals surface area (Å²) in [5.41, 5.74) is 4.33. The fourth-order valence-corrected chi connectivity index (χ4v) is 7.39. The van der Waals surface area contributed by atoms with Crippen molar-refractivity contribution in [1.29, 1.82) is 0 Å². The third-order valence-corrected chi connectivity index (χ3v) is 10.7. The number of carbonyl (C=O) groups excluding carboxylic acids is 1. The van der Waals surface area contributed by atoms with Crippen LogP contribution >= 0.6 is 12.4 Å². The van der Waals surface area contributed by atoms with E-state index in [9.17, 15) is 14.3 Å². The van der Waals surface area contributed by atoms with E-state index in [0.29, 0.717) is 33.4 Å². The zero-order chi connectivity index (χ0) is 36.4. The van der Waals surface area contributed by atoms with Crippen LogP contribution in [0.5, 0.6) is 0 Å². The number of aromatic amines is 1. The van der Waals surface area contributed by atoms with Crippen molar-refractivity contribution in [3.05, 3.63) is 101 Å². The van der Waals surface area contributed by atoms with Gasteiger partial charge in [-0.15, -0.1) is 12.4 Å². The van der Waals surface area contributed by atoms with Gasteiger partial charge in [-0.05, 0) is 118 Å². The molecule has 1 amide bonds. The lowest BCUT2D eigenvalue weighted by molar-refractivity contribution is 0.0780. The number of hydrogen-bond donors (Lipinski definition) is 4. The highest BCUT2D eigenvalue weighted by molar-refractivity contribution is 6.06. The van der Waals surface area contributed by atoms with Crippen molar-refractivity contribution in [3.63, 3.8) is 0 Å². The van der Waals surface area contributed by atoms with Crippen LogP contribution in [0.1, 0.15) is 60.2 Å². The van der Waals surface area contributed by atoms with E-state index in [1.165, 1.54) is 88.9 Å². The van der Waals surface area contributed by atoms with Crippen molar-refractivity contribution >= 4 is 35.0 Å². The number of anilines is 1. The van der Waals surface area contributed by atoms with Gasteiger partial charge in [0, 0.05) is 55.1 Å². The largest absolute Gasteiger partial charge is 0.386 e. The smallest absolute Gasteiger partial charge is 0.258 e. The minimum atomic E-state index is -1.27. The molecule has 0 aliphatic carbocycles. The first-order chi connectivity index (χ1) is 25.0. The van der Waals surface area contributed by atoms with E-state index in [4.69, 9.17) is 0 Å². The Labute approximate surface area is 315 Å². The van der Waals surface area contributed by atoms with Crippen molar-refractivity contribution < 1.29 is 18.7 Å². The highest BCUT2D eigenvalue weighted by Gasteiger charge is 2.23. The van der Waals surface area contributed by atoms with Gasteiger partial charge in [0.25, 0.3) is 5.91 Å². The second kappa shape index (κ2) is 16.4. The SMILES string of the molecule is Cc1c(NC(=O)c2ccc(C(C)(C)O)cc2F)cc(F)cc1-c1ncnc2[nH]c(-c3ccc(CN4CCN(CCC5CCNCC5)CC4)cc3)cc12.Cl. The topological polar surface area (TPSA) is 109 Å². The number of aliphatic hydroxyl groups is 1. The molecule has 0 spiro atoms. The van der Waals surface area contributed by atoms with E-state index in [0.717, 1.165) is 56.0 Å². The van der Waals surface area contributed by atoms with Crippen LogP contribution in [0.3, 0.4) is 0 Å². The molecule has 2 fully saturated rings. The van der Waals surface area contributed by atoms with Gasteiger partial charge in [-0.25, -0.2) is 18.7 Å². The van der Waals surface area contributed by atoms with Gasteiger partial charge in [0.15, 0.2) is 0 Å². The summed E-state index contributed by atoms with van der Waals surface area (Å²) in [6.45, 7) is 13.7. The molecule has 0 unspecified atom stereocenters. The highest BCUT2D eigenvalue weighted by atomic mass is 35.5. The quantitative estimate of drug-likeness (QED) is 0.119. The lowest BCUT2D eigenvalue weighted by Crippen LogP contribution is -2.46. The molecule has 5 aromatic rings. The summed E-state index contributed by atoms with van der Waals surface area (Å²) < 4.78 is 30.0. The van der Waals surface area contributed by atoms with Crippen LogP contribution in [0.15, 0.2) is 67.0 Å². The molecular formula is C41H48ClF2N7O2. The lowest BCUT2D eigenvalue weighted by Gasteiger charge is -2.35. The number of H-pyrrole nitrogens is 1. The average molecular weight is 744 g/mol. The first kappa shape index (κ1) is 38.5. The zero-order valence-corrected chi connectivity index (χ0v) is 31.3. The summed E-state index contributed by atoms with van der Waals surface area (Å²) in [6, 6.07) is 17.0. The first-order valence-corrected chi connectivity index (χ1v) is 18.2. The van der Waals surface area contributed by atoms with Gasteiger partial charge >= 0.3 is 0 Å². The van der Waals surface area contributed by atoms with E-state index < -0.39 is 23.1 Å². The maximum absolute atomic E-state index is 15.1. The van der Waals surface area contributed by atoms with Crippen LogP contribution < -0.4 is 10.6 Å². The van der Waals surface area contributed by atoms with Crippen LogP contribution in [0.2, 0.25) is 0 Å². The van der Waals surface area contributed by atoms with Gasteiger partial charge in [0.1, 0.15) is 23.6 Å². The molecular weight excluding hydrogens is 696 g/mol. The average Bonchev–Trinajstić information content (AvgIpc) is 3.58. The molecule has 7 rings (SSSR count). The first-order valence-electron chi connectivity index (χ1n) is 18.2. The summed E-state index contributed by atoms with van der Waals surface area (Å²) >= 11 is 0. The number of piperidine rings is 1. The maximum atomic E-state index is 15.1. The Hall–Kier alpha value is -4.26. The molecule has 2 aliphatic rings. The third-order valence-electron chi connectivity index (χ3n) is 10.7. The predicted octanol–water partition coefficient (Wildman–Crippen LogP) is 7.29. The van der Waals surface area contributed by atoms with Gasteiger partial charge in [-0.3, -0.25) is 9.69 Å². The molecule has 0 radical (unpaired) electrons. The molecule has 2 aliphatic heterocycles. The fraction of sp³-hybridized carbons (Fsp3) is 0.390. The van der Waals surface area contributed by atoms with Crippen LogP contribution in [0.4, 0.5) is 14.5 Å². The molecule has 0 bridgehead atoms. The van der Waals surface area contributed by atoms with Crippen molar-refractivity contribution in [2.24, 2.45) is 5.92 Å². The number of rotatable bonds is 10. The van der Waals surface area contributed by atoms with Gasteiger partial charge < -0.3 is 25.6 Å². The number of aromatic nitrogens is 3. The molecule has 4 N–H and O–H groups in total. The Morgan fingerprint density at radius 3 is 2.38 bits per heavy atom. The molecule has 4 heterocycles.